The van der Waals surface area contributed by atoms with Crippen LogP contribution in [-0.2, 0) is 10.2 Å². The van der Waals surface area contributed by atoms with Gasteiger partial charge in [-0.05, 0) is 47.4 Å². The van der Waals surface area contributed by atoms with Gasteiger partial charge in [0.15, 0.2) is 0 Å². The molecule has 4 heteroatoms. The van der Waals surface area contributed by atoms with E-state index in [0.29, 0.717) is 12.0 Å². The predicted molar refractivity (Wildman–Crippen MR) is 127 cm³/mol. The third-order valence-electron chi connectivity index (χ3n) is 5.37. The second kappa shape index (κ2) is 8.66. The fourth-order valence-electron chi connectivity index (χ4n) is 3.76. The monoisotopic (exact) mass is 520 g/mol. The van der Waals surface area contributed by atoms with E-state index in [9.17, 15) is 9.59 Å². The number of carbonyl (C=O) groups excluding carboxylic acids is 2. The molecule has 0 aliphatic heterocycles. The van der Waals surface area contributed by atoms with Gasteiger partial charge in [-0.2, -0.15) is 0 Å². The lowest BCUT2D eigenvalue weighted by Gasteiger charge is -2.32. The minimum Gasteiger partial charge on any atom is -0.289 e. The number of ketones is 2. The number of halogens is 2. The zero-order valence-electron chi connectivity index (χ0n) is 16.0. The Bertz CT molecular complexity index is 1140. The molecule has 1 aliphatic rings. The van der Waals surface area contributed by atoms with Gasteiger partial charge in [0, 0.05) is 14.5 Å². The molecule has 0 aromatic heterocycles. The molecule has 0 radical (unpaired) electrons. The van der Waals surface area contributed by atoms with Gasteiger partial charge >= 0.3 is 0 Å². The molecular weight excluding hydrogens is 504 g/mol. The Morgan fingerprint density at radius 1 is 0.767 bits per heavy atom. The van der Waals surface area contributed by atoms with E-state index >= 15 is 0 Å². The largest absolute Gasteiger partial charge is 0.289 e. The minimum absolute atomic E-state index is 0.409. The molecule has 148 valence electrons. The van der Waals surface area contributed by atoms with Crippen molar-refractivity contribution in [2.45, 2.75) is 11.8 Å². The van der Waals surface area contributed by atoms with Gasteiger partial charge in [0.2, 0.25) is 11.6 Å². The molecule has 30 heavy (non-hydrogen) atoms. The Morgan fingerprint density at radius 2 is 1.37 bits per heavy atom. The Labute approximate surface area is 192 Å². The third-order valence-corrected chi connectivity index (χ3v) is 6.43. The highest BCUT2D eigenvalue weighted by molar-refractivity contribution is 9.10. The molecule has 0 bridgehead atoms. The number of carbonyl (C=O) groups is 2. The molecular formula is C26H18Br2O2. The quantitative estimate of drug-likeness (QED) is 0.269. The highest BCUT2D eigenvalue weighted by Gasteiger charge is 2.43. The summed E-state index contributed by atoms with van der Waals surface area (Å²) in [7, 11) is 0. The molecule has 4 rings (SSSR count). The Morgan fingerprint density at radius 3 is 2.00 bits per heavy atom. The van der Waals surface area contributed by atoms with Crippen molar-refractivity contribution in [3.8, 4) is 0 Å². The zero-order chi connectivity index (χ0) is 21.1. The van der Waals surface area contributed by atoms with Gasteiger partial charge in [-0.25, -0.2) is 0 Å². The molecule has 1 unspecified atom stereocenters. The molecule has 0 fully saturated rings. The molecule has 0 N–H and O–H groups in total. The Hall–Kier alpha value is -2.56. The van der Waals surface area contributed by atoms with E-state index in [0.717, 1.165) is 25.6 Å². The maximum Gasteiger partial charge on any atom is 0.229 e. The van der Waals surface area contributed by atoms with E-state index in [1.807, 2.05) is 72.8 Å². The average Bonchev–Trinajstić information content (AvgIpc) is 2.79. The van der Waals surface area contributed by atoms with Crippen LogP contribution >= 0.6 is 31.9 Å². The summed E-state index contributed by atoms with van der Waals surface area (Å²) < 4.78 is 1.92. The van der Waals surface area contributed by atoms with Gasteiger partial charge in [0.1, 0.15) is 0 Å². The first kappa shape index (κ1) is 20.7. The van der Waals surface area contributed by atoms with Crippen molar-refractivity contribution in [1.29, 1.82) is 0 Å². The summed E-state index contributed by atoms with van der Waals surface area (Å²) in [6.07, 6.45) is 6.19. The topological polar surface area (TPSA) is 34.1 Å². The van der Waals surface area contributed by atoms with E-state index in [-0.39, 0.29) is 0 Å². The van der Waals surface area contributed by atoms with E-state index < -0.39 is 17.0 Å². The maximum atomic E-state index is 13.7. The lowest BCUT2D eigenvalue weighted by Crippen LogP contribution is -2.40. The van der Waals surface area contributed by atoms with Crippen LogP contribution in [0.15, 0.2) is 106 Å². The predicted octanol–water partition coefficient (Wildman–Crippen LogP) is 6.94. The first-order valence-corrected chi connectivity index (χ1v) is 11.1. The van der Waals surface area contributed by atoms with Crippen LogP contribution in [0.5, 0.6) is 0 Å². The van der Waals surface area contributed by atoms with Crippen LogP contribution in [0.3, 0.4) is 0 Å². The number of benzene rings is 3. The number of hydrogen-bond acceptors (Lipinski definition) is 2. The molecule has 3 aromatic carbocycles. The molecule has 0 saturated heterocycles. The molecule has 0 heterocycles. The molecule has 0 amide bonds. The number of allylic oxidation sites excluding steroid dienone is 4. The van der Waals surface area contributed by atoms with Crippen molar-refractivity contribution >= 4 is 49.0 Å². The average molecular weight is 522 g/mol. The fourth-order valence-corrected chi connectivity index (χ4v) is 4.29. The van der Waals surface area contributed by atoms with Crippen LogP contribution < -0.4 is 0 Å². The van der Waals surface area contributed by atoms with E-state index in [1.165, 1.54) is 0 Å². The summed E-state index contributed by atoms with van der Waals surface area (Å²) in [4.78, 5) is 26.8. The number of Topliss-reactive ketones (excluding diaryl/α,β-unsaturated/α-hetero) is 2. The van der Waals surface area contributed by atoms with Crippen LogP contribution in [-0.4, -0.2) is 11.6 Å². The molecule has 0 saturated carbocycles. The van der Waals surface area contributed by atoms with Gasteiger partial charge in [0.05, 0.1) is 5.41 Å². The Balaban J connectivity index is 1.79. The lowest BCUT2D eigenvalue weighted by atomic mass is 9.67. The van der Waals surface area contributed by atoms with Gasteiger partial charge in [0.25, 0.3) is 0 Å². The van der Waals surface area contributed by atoms with Gasteiger partial charge < -0.3 is 0 Å². The molecule has 3 aromatic rings. The van der Waals surface area contributed by atoms with Crippen molar-refractivity contribution < 1.29 is 9.59 Å². The maximum absolute atomic E-state index is 13.7. The zero-order valence-corrected chi connectivity index (χ0v) is 19.2. The summed E-state index contributed by atoms with van der Waals surface area (Å²) in [6, 6.07) is 24.4. The number of hydrogen-bond donors (Lipinski definition) is 0. The summed E-state index contributed by atoms with van der Waals surface area (Å²) in [5, 5.41) is 0. The first-order chi connectivity index (χ1) is 14.5. The second-order valence-corrected chi connectivity index (χ2v) is 9.07. The van der Waals surface area contributed by atoms with Crippen LogP contribution in [0.25, 0.3) is 5.57 Å². The highest BCUT2D eigenvalue weighted by atomic mass is 79.9. The van der Waals surface area contributed by atoms with Gasteiger partial charge in [-0.15, -0.1) is 0 Å². The van der Waals surface area contributed by atoms with E-state index in [1.54, 1.807) is 24.3 Å². The summed E-state index contributed by atoms with van der Waals surface area (Å²) in [5.74, 6) is -0.893. The van der Waals surface area contributed by atoms with E-state index in [4.69, 9.17) is 0 Å². The van der Waals surface area contributed by atoms with Crippen molar-refractivity contribution in [1.82, 2.24) is 0 Å². The second-order valence-electron chi connectivity index (χ2n) is 7.24. The van der Waals surface area contributed by atoms with Crippen molar-refractivity contribution in [3.05, 3.63) is 123 Å². The summed E-state index contributed by atoms with van der Waals surface area (Å²) in [5.41, 5.74) is 2.21. The number of rotatable bonds is 5. The minimum atomic E-state index is -1.05. The lowest BCUT2D eigenvalue weighted by molar-refractivity contribution is -0.118. The smallest absolute Gasteiger partial charge is 0.229 e. The Kier molecular flexibility index (Phi) is 5.98. The SMILES string of the molecule is O=C(C(=O)C1(c2ccc(Br)cc2)C=CC=C(c2ccc(Br)cc2)C1)c1ccccc1. The standard InChI is InChI=1S/C26H18Br2O2/c27-22-12-8-18(9-13-22)20-7-4-16-26(17-20,21-10-14-23(28)15-11-21)25(30)24(29)19-5-2-1-3-6-19/h1-16H,17H2. The summed E-state index contributed by atoms with van der Waals surface area (Å²) >= 11 is 6.93. The van der Waals surface area contributed by atoms with Crippen molar-refractivity contribution in [3.63, 3.8) is 0 Å². The molecule has 1 aliphatic carbocycles. The molecule has 1 atom stereocenters. The van der Waals surface area contributed by atoms with Crippen molar-refractivity contribution in [2.75, 3.05) is 0 Å². The first-order valence-electron chi connectivity index (χ1n) is 9.54. The molecule has 2 nitrogen and oxygen atoms in total. The van der Waals surface area contributed by atoms with Crippen molar-refractivity contribution in [2.24, 2.45) is 0 Å². The van der Waals surface area contributed by atoms with E-state index in [2.05, 4.69) is 31.9 Å². The highest BCUT2D eigenvalue weighted by Crippen LogP contribution is 2.41. The fraction of sp³-hybridized carbons (Fsp3) is 0.0769. The normalized spacial score (nSPS) is 18.0. The van der Waals surface area contributed by atoms with Crippen LogP contribution in [0.2, 0.25) is 0 Å². The van der Waals surface area contributed by atoms with Crippen LogP contribution in [0, 0.1) is 0 Å². The van der Waals surface area contributed by atoms with Gasteiger partial charge in [-0.1, -0.05) is 105 Å². The summed E-state index contributed by atoms with van der Waals surface area (Å²) in [6.45, 7) is 0. The van der Waals surface area contributed by atoms with Gasteiger partial charge in [-0.3, -0.25) is 9.59 Å². The molecule has 0 spiro atoms. The van der Waals surface area contributed by atoms with Crippen LogP contribution in [0.4, 0.5) is 0 Å². The third kappa shape index (κ3) is 4.03. The van der Waals surface area contributed by atoms with Crippen LogP contribution in [0.1, 0.15) is 27.9 Å².